The summed E-state index contributed by atoms with van der Waals surface area (Å²) in [6, 6.07) is 15.2. The lowest BCUT2D eigenvalue weighted by atomic mass is 9.92. The minimum Gasteiger partial charge on any atom is -0.295 e. The molecule has 10 heteroatoms. The van der Waals surface area contributed by atoms with Crippen LogP contribution >= 0.6 is 11.3 Å². The molecule has 1 aliphatic heterocycles. The first kappa shape index (κ1) is 24.4. The Balaban J connectivity index is 1.15. The van der Waals surface area contributed by atoms with E-state index in [0.29, 0.717) is 48.3 Å². The molecule has 3 heterocycles. The molecule has 8 nitrogen and oxygen atoms in total. The van der Waals surface area contributed by atoms with Crippen molar-refractivity contribution in [2.75, 3.05) is 26.2 Å². The molecule has 0 atom stereocenters. The van der Waals surface area contributed by atoms with Crippen LogP contribution in [0, 0.1) is 6.92 Å². The number of aromatic nitrogens is 3. The van der Waals surface area contributed by atoms with Crippen LogP contribution in [0.25, 0.3) is 15.5 Å². The van der Waals surface area contributed by atoms with Gasteiger partial charge in [-0.3, -0.25) is 9.69 Å². The highest BCUT2D eigenvalue weighted by molar-refractivity contribution is 7.89. The summed E-state index contributed by atoms with van der Waals surface area (Å²) in [5.74, 6) is 0. The zero-order chi connectivity index (χ0) is 25.6. The first-order chi connectivity index (χ1) is 17.9. The van der Waals surface area contributed by atoms with Crippen LogP contribution in [-0.4, -0.2) is 58.4 Å². The van der Waals surface area contributed by atoms with E-state index in [1.165, 1.54) is 39.5 Å². The average Bonchev–Trinajstić information content (AvgIpc) is 3.34. The van der Waals surface area contributed by atoms with E-state index in [4.69, 9.17) is 4.98 Å². The number of sulfonamides is 1. The van der Waals surface area contributed by atoms with Gasteiger partial charge in [-0.05, 0) is 61.9 Å². The molecule has 2 aromatic heterocycles. The molecule has 2 aliphatic rings. The molecule has 192 valence electrons. The third kappa shape index (κ3) is 4.86. The predicted molar refractivity (Wildman–Crippen MR) is 144 cm³/mol. The number of piperazine rings is 1. The zero-order valence-corrected chi connectivity index (χ0v) is 22.4. The summed E-state index contributed by atoms with van der Waals surface area (Å²) in [6.45, 7) is 4.52. The van der Waals surface area contributed by atoms with Crippen molar-refractivity contribution in [3.8, 4) is 10.6 Å². The van der Waals surface area contributed by atoms with Gasteiger partial charge in [-0.25, -0.2) is 13.4 Å². The van der Waals surface area contributed by atoms with Crippen LogP contribution in [0.2, 0.25) is 0 Å². The van der Waals surface area contributed by atoms with Gasteiger partial charge in [-0.1, -0.05) is 41.2 Å². The molecule has 2 aromatic carbocycles. The summed E-state index contributed by atoms with van der Waals surface area (Å²) >= 11 is 1.40. The first-order valence-corrected chi connectivity index (χ1v) is 14.9. The van der Waals surface area contributed by atoms with Crippen LogP contribution in [0.5, 0.6) is 0 Å². The number of fused-ring (bicyclic) bond motifs is 2. The number of nitrogens with zero attached hydrogens (tertiary/aromatic N) is 5. The maximum atomic E-state index is 13.3. The Bertz CT molecular complexity index is 1640. The first-order valence-electron chi connectivity index (χ1n) is 12.7. The molecule has 0 amide bonds. The van der Waals surface area contributed by atoms with Gasteiger partial charge < -0.3 is 0 Å². The lowest BCUT2D eigenvalue weighted by Crippen LogP contribution is -2.48. The van der Waals surface area contributed by atoms with Gasteiger partial charge in [0.05, 0.1) is 10.6 Å². The molecule has 0 spiro atoms. The molecule has 0 radical (unpaired) electrons. The van der Waals surface area contributed by atoms with E-state index in [2.05, 4.69) is 10.00 Å². The lowest BCUT2D eigenvalue weighted by Gasteiger charge is -2.33. The largest absolute Gasteiger partial charge is 0.295 e. The van der Waals surface area contributed by atoms with Crippen molar-refractivity contribution in [3.05, 3.63) is 81.3 Å². The van der Waals surface area contributed by atoms with Crippen molar-refractivity contribution in [3.63, 3.8) is 0 Å². The average molecular weight is 536 g/mol. The molecule has 37 heavy (non-hydrogen) atoms. The fourth-order valence-corrected chi connectivity index (χ4v) is 7.60. The minimum absolute atomic E-state index is 0.205. The van der Waals surface area contributed by atoms with Gasteiger partial charge in [0.2, 0.25) is 15.0 Å². The van der Waals surface area contributed by atoms with E-state index in [-0.39, 0.29) is 5.56 Å². The van der Waals surface area contributed by atoms with Gasteiger partial charge >= 0.3 is 0 Å². The number of rotatable bonds is 5. The number of benzene rings is 2. The van der Waals surface area contributed by atoms with Crippen LogP contribution in [0.1, 0.15) is 35.2 Å². The number of hydrogen-bond donors (Lipinski definition) is 0. The van der Waals surface area contributed by atoms with Crippen LogP contribution < -0.4 is 5.56 Å². The van der Waals surface area contributed by atoms with Crippen molar-refractivity contribution in [1.29, 1.82) is 0 Å². The van der Waals surface area contributed by atoms with E-state index in [0.717, 1.165) is 35.4 Å². The maximum Gasteiger partial charge on any atom is 0.275 e. The van der Waals surface area contributed by atoms with E-state index < -0.39 is 10.0 Å². The molecule has 1 aliphatic carbocycles. The van der Waals surface area contributed by atoms with Gasteiger partial charge in [-0.2, -0.15) is 13.9 Å². The summed E-state index contributed by atoms with van der Waals surface area (Å²) in [6.07, 6.45) is 4.28. The SMILES string of the molecule is Cc1cccc(-c2nn3c(=O)cc(CN4CCN(S(=O)(=O)c5ccc6c(c5)CCCC6)CC4)nc3s2)c1. The molecule has 1 fully saturated rings. The third-order valence-electron chi connectivity index (χ3n) is 7.24. The smallest absolute Gasteiger partial charge is 0.275 e. The Hall–Kier alpha value is -2.92. The Morgan fingerprint density at radius 1 is 0.946 bits per heavy atom. The Labute approximate surface area is 220 Å². The van der Waals surface area contributed by atoms with Gasteiger partial charge in [0.25, 0.3) is 5.56 Å². The van der Waals surface area contributed by atoms with Crippen molar-refractivity contribution in [1.82, 2.24) is 23.8 Å². The van der Waals surface area contributed by atoms with Gasteiger partial charge in [0, 0.05) is 44.4 Å². The molecule has 6 rings (SSSR count). The standard InChI is InChI=1S/C27H29N5O3S2/c1-19-5-4-8-22(15-19)26-29-32-25(33)17-23(28-27(32)36-26)18-30-11-13-31(14-12-30)37(34,35)24-10-9-20-6-2-3-7-21(20)16-24/h4-5,8-10,15-17H,2-3,6-7,11-14,18H2,1H3. The predicted octanol–water partition coefficient (Wildman–Crippen LogP) is 3.51. The summed E-state index contributed by atoms with van der Waals surface area (Å²) in [5.41, 5.74) is 5.02. The second-order valence-electron chi connectivity index (χ2n) is 9.87. The van der Waals surface area contributed by atoms with Gasteiger partial charge in [0.1, 0.15) is 5.01 Å². The normalized spacial score (nSPS) is 17.2. The minimum atomic E-state index is -3.52. The van der Waals surface area contributed by atoms with Crippen LogP contribution in [-0.2, 0) is 29.4 Å². The summed E-state index contributed by atoms with van der Waals surface area (Å²) in [4.78, 5) is 20.6. The van der Waals surface area contributed by atoms with E-state index in [9.17, 15) is 13.2 Å². The van der Waals surface area contributed by atoms with Crippen LogP contribution in [0.15, 0.2) is 58.2 Å². The maximum absolute atomic E-state index is 13.3. The molecular weight excluding hydrogens is 506 g/mol. The highest BCUT2D eigenvalue weighted by Gasteiger charge is 2.29. The fourth-order valence-electron chi connectivity index (χ4n) is 5.21. The lowest BCUT2D eigenvalue weighted by molar-refractivity contribution is 0.180. The van der Waals surface area contributed by atoms with Crippen molar-refractivity contribution in [2.45, 2.75) is 44.0 Å². The van der Waals surface area contributed by atoms with E-state index >= 15 is 0 Å². The highest BCUT2D eigenvalue weighted by Crippen LogP contribution is 2.27. The molecule has 1 saturated heterocycles. The van der Waals surface area contributed by atoms with Crippen molar-refractivity contribution >= 4 is 26.3 Å². The quantitative estimate of drug-likeness (QED) is 0.389. The van der Waals surface area contributed by atoms with E-state index in [1.54, 1.807) is 10.4 Å². The summed E-state index contributed by atoms with van der Waals surface area (Å²) in [5, 5.41) is 5.23. The third-order valence-corrected chi connectivity index (χ3v) is 10.1. The molecule has 0 unspecified atom stereocenters. The molecular formula is C27H29N5O3S2. The Kier molecular flexibility index (Phi) is 6.44. The monoisotopic (exact) mass is 535 g/mol. The van der Waals surface area contributed by atoms with E-state index in [1.807, 2.05) is 43.3 Å². The van der Waals surface area contributed by atoms with Gasteiger partial charge in [0.15, 0.2) is 0 Å². The molecule has 0 bridgehead atoms. The Morgan fingerprint density at radius 3 is 2.51 bits per heavy atom. The summed E-state index contributed by atoms with van der Waals surface area (Å²) < 4.78 is 29.6. The number of aryl methyl sites for hydroxylation is 3. The molecule has 0 saturated carbocycles. The zero-order valence-electron chi connectivity index (χ0n) is 20.8. The second-order valence-corrected chi connectivity index (χ2v) is 12.8. The second kappa shape index (κ2) is 9.75. The van der Waals surface area contributed by atoms with Gasteiger partial charge in [-0.15, -0.1) is 0 Å². The Morgan fingerprint density at radius 2 is 1.73 bits per heavy atom. The topological polar surface area (TPSA) is 87.9 Å². The fraction of sp³-hybridized carbons (Fsp3) is 0.370. The van der Waals surface area contributed by atoms with Crippen LogP contribution in [0.3, 0.4) is 0 Å². The number of hydrogen-bond acceptors (Lipinski definition) is 7. The van der Waals surface area contributed by atoms with Crippen molar-refractivity contribution < 1.29 is 8.42 Å². The molecule has 4 aromatic rings. The highest BCUT2D eigenvalue weighted by atomic mass is 32.2. The van der Waals surface area contributed by atoms with Crippen LogP contribution in [0.4, 0.5) is 0 Å². The molecule has 0 N–H and O–H groups in total. The summed E-state index contributed by atoms with van der Waals surface area (Å²) in [7, 11) is -3.52. The van der Waals surface area contributed by atoms with Crippen molar-refractivity contribution in [2.24, 2.45) is 0 Å².